The van der Waals surface area contributed by atoms with E-state index in [1.807, 2.05) is 61.5 Å². The Morgan fingerprint density at radius 2 is 1.88 bits per heavy atom. The summed E-state index contributed by atoms with van der Waals surface area (Å²) in [7, 11) is 0. The van der Waals surface area contributed by atoms with Gasteiger partial charge in [0.05, 0.1) is 13.2 Å². The van der Waals surface area contributed by atoms with Crippen LogP contribution in [-0.2, 0) is 28.5 Å². The molecule has 4 rings (SSSR count). The van der Waals surface area contributed by atoms with E-state index in [0.29, 0.717) is 12.2 Å². The Balaban J connectivity index is 1.61. The lowest BCUT2D eigenvalue weighted by Gasteiger charge is -2.48. The number of benzene rings is 2. The number of hydrogen-bond donors (Lipinski definition) is 0. The summed E-state index contributed by atoms with van der Waals surface area (Å²) in [6.07, 6.45) is -1.35. The van der Waals surface area contributed by atoms with Crippen molar-refractivity contribution in [2.75, 3.05) is 13.2 Å². The van der Waals surface area contributed by atoms with Crippen molar-refractivity contribution in [3.8, 4) is 5.75 Å². The molecule has 182 valence electrons. The summed E-state index contributed by atoms with van der Waals surface area (Å²) in [6, 6.07) is 17.2. The topological polar surface area (TPSA) is 72.5 Å². The van der Waals surface area contributed by atoms with Gasteiger partial charge in [0.15, 0.2) is 12.4 Å². The van der Waals surface area contributed by atoms with Crippen molar-refractivity contribution >= 4 is 28.6 Å². The van der Waals surface area contributed by atoms with Crippen molar-refractivity contribution in [3.05, 3.63) is 76.4 Å². The summed E-state index contributed by atoms with van der Waals surface area (Å²) in [5.74, 6) is 0.257. The molecule has 0 aromatic heterocycles. The highest BCUT2D eigenvalue weighted by atomic mass is 127. The van der Waals surface area contributed by atoms with Gasteiger partial charge in [0.1, 0.15) is 24.1 Å². The predicted molar refractivity (Wildman–Crippen MR) is 133 cm³/mol. The molecule has 6 atom stereocenters. The number of carbonyl (C=O) groups is 1. The van der Waals surface area contributed by atoms with Gasteiger partial charge in [-0.05, 0) is 53.3 Å². The zero-order chi connectivity index (χ0) is 23.9. The number of esters is 1. The van der Waals surface area contributed by atoms with Crippen LogP contribution in [0.5, 0.6) is 5.75 Å². The number of hydrogen-bond acceptors (Lipinski definition) is 7. The van der Waals surface area contributed by atoms with Gasteiger partial charge in [-0.2, -0.15) is 0 Å². The van der Waals surface area contributed by atoms with E-state index < -0.39 is 37.0 Å². The van der Waals surface area contributed by atoms with E-state index in [9.17, 15) is 4.79 Å². The predicted octanol–water partition coefficient (Wildman–Crippen LogP) is 4.79. The first-order valence-corrected chi connectivity index (χ1v) is 12.5. The monoisotopic (exact) mass is 580 g/mol. The number of fused-ring (bicyclic) bond motifs is 1. The van der Waals surface area contributed by atoms with Crippen LogP contribution in [0.25, 0.3) is 0 Å². The number of ether oxygens (including phenoxy) is 6. The summed E-state index contributed by atoms with van der Waals surface area (Å²) < 4.78 is 37.8. The molecule has 0 bridgehead atoms. The lowest BCUT2D eigenvalue weighted by atomic mass is 9.97. The third kappa shape index (κ3) is 6.17. The van der Waals surface area contributed by atoms with Crippen LogP contribution in [0.4, 0.5) is 0 Å². The minimum Gasteiger partial charge on any atom is -0.461 e. The van der Waals surface area contributed by atoms with Crippen molar-refractivity contribution in [2.45, 2.75) is 56.8 Å². The minimum absolute atomic E-state index is 0.256. The van der Waals surface area contributed by atoms with Crippen molar-refractivity contribution in [2.24, 2.45) is 0 Å². The first-order valence-electron chi connectivity index (χ1n) is 11.4. The maximum Gasteiger partial charge on any atom is 0.306 e. The summed E-state index contributed by atoms with van der Waals surface area (Å²) in [5.41, 5.74) is 0.889. The van der Waals surface area contributed by atoms with Crippen LogP contribution in [0.1, 0.15) is 31.6 Å². The highest BCUT2D eigenvalue weighted by Gasteiger charge is 2.53. The molecule has 0 radical (unpaired) electrons. The van der Waals surface area contributed by atoms with Crippen molar-refractivity contribution in [1.29, 1.82) is 0 Å². The molecular formula is C26H29IO7. The highest BCUT2D eigenvalue weighted by Crippen LogP contribution is 2.37. The van der Waals surface area contributed by atoms with Gasteiger partial charge in [0.2, 0.25) is 6.29 Å². The average molecular weight is 580 g/mol. The first-order chi connectivity index (χ1) is 16.6. The fourth-order valence-electron chi connectivity index (χ4n) is 3.98. The van der Waals surface area contributed by atoms with E-state index in [-0.39, 0.29) is 25.6 Å². The molecular weight excluding hydrogens is 551 g/mol. The molecule has 0 amide bonds. The van der Waals surface area contributed by atoms with Gasteiger partial charge in [-0.1, -0.05) is 43.3 Å². The molecule has 8 heteroatoms. The highest BCUT2D eigenvalue weighted by molar-refractivity contribution is 14.1. The van der Waals surface area contributed by atoms with E-state index in [1.54, 1.807) is 6.08 Å². The molecule has 0 saturated carbocycles. The molecule has 2 aromatic rings. The van der Waals surface area contributed by atoms with Gasteiger partial charge in [-0.3, -0.25) is 4.79 Å². The molecule has 2 aliphatic rings. The van der Waals surface area contributed by atoms with E-state index in [2.05, 4.69) is 29.2 Å². The molecule has 7 nitrogen and oxygen atoms in total. The van der Waals surface area contributed by atoms with Crippen LogP contribution in [0.15, 0.2) is 67.3 Å². The summed E-state index contributed by atoms with van der Waals surface area (Å²) >= 11 is 2.23. The number of rotatable bonds is 9. The number of halogens is 1. The molecule has 0 N–H and O–H groups in total. The molecule has 2 aliphatic heterocycles. The van der Waals surface area contributed by atoms with Gasteiger partial charge >= 0.3 is 5.97 Å². The Hall–Kier alpha value is -1.98. The molecule has 0 aliphatic carbocycles. The van der Waals surface area contributed by atoms with Crippen LogP contribution >= 0.6 is 22.6 Å². The Morgan fingerprint density at radius 3 is 2.59 bits per heavy atom. The Labute approximate surface area is 213 Å². The number of carbonyl (C=O) groups excluding carboxylic acids is 1. The van der Waals surface area contributed by atoms with Gasteiger partial charge in [0.25, 0.3) is 0 Å². The largest absolute Gasteiger partial charge is 0.461 e. The fourth-order valence-corrected chi connectivity index (χ4v) is 4.34. The standard InChI is InChI=1S/C26H29IO7/c1-3-8-21(28)33-24-23(29-15-4-2)22-20(16-30-25(34-22)17-9-6-5-7-10-17)32-26(24)31-19-13-11-18(27)12-14-19/h4-7,9-14,20,22-26H,2-3,8,15-16H2,1H3/t20-,22+,23+,24-,25+,26-/m1/s1. The van der Waals surface area contributed by atoms with E-state index >= 15 is 0 Å². The van der Waals surface area contributed by atoms with Gasteiger partial charge in [-0.25, -0.2) is 0 Å². The van der Waals surface area contributed by atoms with E-state index in [4.69, 9.17) is 28.4 Å². The lowest BCUT2D eigenvalue weighted by molar-refractivity contribution is -0.354. The zero-order valence-corrected chi connectivity index (χ0v) is 21.2. The van der Waals surface area contributed by atoms with Crippen LogP contribution in [0.3, 0.4) is 0 Å². The summed E-state index contributed by atoms with van der Waals surface area (Å²) in [4.78, 5) is 12.5. The molecule has 0 spiro atoms. The third-order valence-electron chi connectivity index (χ3n) is 5.55. The van der Waals surface area contributed by atoms with Crippen LogP contribution in [-0.4, -0.2) is 49.9 Å². The van der Waals surface area contributed by atoms with Crippen LogP contribution in [0.2, 0.25) is 0 Å². The van der Waals surface area contributed by atoms with E-state index in [0.717, 1.165) is 9.13 Å². The van der Waals surface area contributed by atoms with Crippen LogP contribution in [0, 0.1) is 3.57 Å². The fraction of sp³-hybridized carbons (Fsp3) is 0.423. The average Bonchev–Trinajstić information content (AvgIpc) is 2.85. The third-order valence-corrected chi connectivity index (χ3v) is 6.27. The van der Waals surface area contributed by atoms with Crippen molar-refractivity contribution < 1.29 is 33.2 Å². The van der Waals surface area contributed by atoms with Crippen LogP contribution < -0.4 is 4.74 Å². The Bertz CT molecular complexity index is 936. The maximum atomic E-state index is 12.5. The normalized spacial score (nSPS) is 28.5. The molecule has 0 unspecified atom stereocenters. The smallest absolute Gasteiger partial charge is 0.306 e. The SMILES string of the molecule is C=CCO[C@H]1[C@H]2O[C@@H](c3ccccc3)OC[C@H]2O[C@@H](Oc2ccc(I)cc2)[C@@H]1OC(=O)CCC. The maximum absolute atomic E-state index is 12.5. The summed E-state index contributed by atoms with van der Waals surface area (Å²) in [5, 5.41) is 0. The zero-order valence-electron chi connectivity index (χ0n) is 19.0. The second-order valence-corrected chi connectivity index (χ2v) is 9.33. The minimum atomic E-state index is -0.891. The van der Waals surface area contributed by atoms with Gasteiger partial charge in [-0.15, -0.1) is 6.58 Å². The van der Waals surface area contributed by atoms with Crippen molar-refractivity contribution in [1.82, 2.24) is 0 Å². The molecule has 2 heterocycles. The Morgan fingerprint density at radius 1 is 1.12 bits per heavy atom. The van der Waals surface area contributed by atoms with Crippen molar-refractivity contribution in [3.63, 3.8) is 0 Å². The van der Waals surface area contributed by atoms with Gasteiger partial charge in [0, 0.05) is 15.6 Å². The first kappa shape index (κ1) is 25.1. The van der Waals surface area contributed by atoms with E-state index in [1.165, 1.54) is 0 Å². The van der Waals surface area contributed by atoms with Gasteiger partial charge < -0.3 is 28.4 Å². The second kappa shape index (κ2) is 12.1. The molecule has 2 fully saturated rings. The Kier molecular flexibility index (Phi) is 8.96. The summed E-state index contributed by atoms with van der Waals surface area (Å²) in [6.45, 7) is 6.22. The molecule has 2 aromatic carbocycles. The molecule has 2 saturated heterocycles. The quantitative estimate of drug-likeness (QED) is 0.240. The lowest BCUT2D eigenvalue weighted by Crippen LogP contribution is -2.64. The second-order valence-electron chi connectivity index (χ2n) is 8.08. The molecule has 34 heavy (non-hydrogen) atoms.